The third-order valence-corrected chi connectivity index (χ3v) is 9.49. The minimum absolute atomic E-state index is 0.112. The van der Waals surface area contributed by atoms with Gasteiger partial charge in [0.2, 0.25) is 87.9 Å². The maximum Gasteiger partial charge on any atom is 0.255 e. The maximum atomic E-state index is 14.3. The standard InChI is InChI=1S/C42H47F8N11O12/c1-16(2)9-21(38(51)67)58-39(68)17(3)55-42(71)24(15-72-32-28(43)34(47)60-35(48)29(32)44)57-27(66)13-53-25(64)11-52-26(65)12-54-40(69)23(14-62)59-41(70)22(56-18(4)63)10-19-5-7-20(8-6-19)73-33-30(45)36(49)61-37(50)31(33)46/h5-8,16-17,21-24,62H,9-15H2,1-4H3,(H2,51,67)(H,52,65)(H,53,64)(H,54,69)(H,55,71)(H,56,63)(H,57,66)(H,58,68)(H,59,70)/t17?,21-,22+,23?,24?/m0/s1. The van der Waals surface area contributed by atoms with Crippen molar-refractivity contribution in [2.24, 2.45) is 11.7 Å². The molecule has 3 unspecified atom stereocenters. The zero-order valence-corrected chi connectivity index (χ0v) is 38.7. The first-order valence-corrected chi connectivity index (χ1v) is 21.2. The summed E-state index contributed by atoms with van der Waals surface area (Å²) in [6.45, 7) is 0.640. The van der Waals surface area contributed by atoms with Crippen LogP contribution in [0.4, 0.5) is 35.1 Å². The molecule has 31 heteroatoms. The zero-order valence-electron chi connectivity index (χ0n) is 38.7. The molecule has 0 spiro atoms. The number of nitrogens with two attached hydrogens (primary N) is 1. The number of pyridine rings is 2. The summed E-state index contributed by atoms with van der Waals surface area (Å²) in [4.78, 5) is 118. The van der Waals surface area contributed by atoms with Crippen LogP contribution in [0.3, 0.4) is 0 Å². The van der Waals surface area contributed by atoms with Gasteiger partial charge in [0.1, 0.15) is 42.6 Å². The van der Waals surface area contributed by atoms with Crippen LogP contribution >= 0.6 is 0 Å². The second-order valence-electron chi connectivity index (χ2n) is 15.8. The van der Waals surface area contributed by atoms with Crippen LogP contribution in [-0.2, 0) is 49.6 Å². The summed E-state index contributed by atoms with van der Waals surface area (Å²) in [5.41, 5.74) is 5.59. The highest BCUT2D eigenvalue weighted by Gasteiger charge is 2.31. The second-order valence-corrected chi connectivity index (χ2v) is 15.8. The Morgan fingerprint density at radius 3 is 1.55 bits per heavy atom. The number of hydrogen-bond donors (Lipinski definition) is 10. The molecular formula is C42H47F8N11O12. The van der Waals surface area contributed by atoms with Gasteiger partial charge in [0.15, 0.2) is 0 Å². The van der Waals surface area contributed by atoms with Crippen LogP contribution in [0, 0.1) is 53.0 Å². The fourth-order valence-electron chi connectivity index (χ4n) is 5.88. The average molecular weight is 1050 g/mol. The highest BCUT2D eigenvalue weighted by molar-refractivity contribution is 5.96. The molecule has 0 saturated carbocycles. The highest BCUT2D eigenvalue weighted by atomic mass is 19.2. The predicted molar refractivity (Wildman–Crippen MR) is 230 cm³/mol. The molecule has 0 radical (unpaired) electrons. The van der Waals surface area contributed by atoms with Crippen molar-refractivity contribution in [3.8, 4) is 17.2 Å². The molecular weight excluding hydrogens is 1000 g/mol. The molecule has 0 bridgehead atoms. The van der Waals surface area contributed by atoms with E-state index in [2.05, 4.69) is 41.9 Å². The molecule has 5 atom stereocenters. The van der Waals surface area contributed by atoms with Crippen LogP contribution in [0.1, 0.15) is 39.7 Å². The van der Waals surface area contributed by atoms with E-state index in [1.807, 2.05) is 10.6 Å². The summed E-state index contributed by atoms with van der Waals surface area (Å²) in [7, 11) is 0. The number of rotatable bonds is 26. The number of aliphatic hydroxyl groups is 1. The molecule has 3 rings (SSSR count). The fraction of sp³-hybridized carbons (Fsp3) is 0.405. The summed E-state index contributed by atoms with van der Waals surface area (Å²) < 4.78 is 121. The van der Waals surface area contributed by atoms with Crippen LogP contribution < -0.4 is 57.7 Å². The summed E-state index contributed by atoms with van der Waals surface area (Å²) in [6, 6.07) is -3.11. The van der Waals surface area contributed by atoms with E-state index >= 15 is 0 Å². The normalized spacial score (nSPS) is 13.0. The van der Waals surface area contributed by atoms with Crippen molar-refractivity contribution in [2.75, 3.05) is 32.8 Å². The number of ether oxygens (including phenoxy) is 2. The largest absolute Gasteiger partial charge is 0.485 e. The number of primary amides is 1. The molecule has 11 N–H and O–H groups in total. The van der Waals surface area contributed by atoms with Gasteiger partial charge in [0.25, 0.3) is 23.8 Å². The lowest BCUT2D eigenvalue weighted by atomic mass is 10.0. The number of halogens is 8. The van der Waals surface area contributed by atoms with Crippen LogP contribution in [0.15, 0.2) is 24.3 Å². The molecule has 1 aromatic carbocycles. The fourth-order valence-corrected chi connectivity index (χ4v) is 5.88. The quantitative estimate of drug-likeness (QED) is 0.0318. The number of benzene rings is 1. The van der Waals surface area contributed by atoms with E-state index in [9.17, 15) is 83.4 Å². The lowest BCUT2D eigenvalue weighted by Crippen LogP contribution is -2.57. The number of aromatic nitrogens is 2. The molecule has 0 aliphatic heterocycles. The Kier molecular flexibility index (Phi) is 22.2. The number of aliphatic hydroxyl groups excluding tert-OH is 1. The lowest BCUT2D eigenvalue weighted by Gasteiger charge is -2.23. The minimum atomic E-state index is -2.13. The third-order valence-electron chi connectivity index (χ3n) is 9.49. The first-order chi connectivity index (χ1) is 34.2. The van der Waals surface area contributed by atoms with Crippen LogP contribution in [-0.4, -0.2) is 131 Å². The number of nitrogens with one attached hydrogen (secondary N) is 8. The van der Waals surface area contributed by atoms with Crippen LogP contribution in [0.25, 0.3) is 0 Å². The van der Waals surface area contributed by atoms with Crippen molar-refractivity contribution in [3.05, 3.63) is 76.9 Å². The van der Waals surface area contributed by atoms with E-state index in [4.69, 9.17) is 15.2 Å². The number of amides is 9. The van der Waals surface area contributed by atoms with Crippen LogP contribution in [0.2, 0.25) is 0 Å². The summed E-state index contributed by atoms with van der Waals surface area (Å²) >= 11 is 0. The van der Waals surface area contributed by atoms with Crippen molar-refractivity contribution in [3.63, 3.8) is 0 Å². The van der Waals surface area contributed by atoms with Gasteiger partial charge in [-0.05, 0) is 37.0 Å². The van der Waals surface area contributed by atoms with Gasteiger partial charge < -0.3 is 62.8 Å². The summed E-state index contributed by atoms with van der Waals surface area (Å²) in [6.07, 6.45) is -0.192. The van der Waals surface area contributed by atoms with E-state index in [1.165, 1.54) is 12.1 Å². The van der Waals surface area contributed by atoms with Crippen LogP contribution in [0.5, 0.6) is 17.2 Å². The SMILES string of the molecule is CC(=O)N[C@H](Cc1ccc(Oc2c(F)c(F)nc(F)c2F)cc1)C(=O)NC(CO)C(=O)NCC(=O)NCC(=O)NCC(=O)NC(COc1c(F)c(F)nc(F)c1F)C(=O)NC(C)C(=O)N[C@@H](CC(C)C)C(N)=O. The number of nitrogens with zero attached hydrogens (tertiary/aromatic N) is 2. The molecule has 9 amide bonds. The van der Waals surface area contributed by atoms with Gasteiger partial charge in [-0.3, -0.25) is 43.2 Å². The van der Waals surface area contributed by atoms with Crippen molar-refractivity contribution in [1.29, 1.82) is 0 Å². The van der Waals surface area contributed by atoms with E-state index in [0.29, 0.717) is 0 Å². The molecule has 3 aromatic rings. The van der Waals surface area contributed by atoms with Gasteiger partial charge in [0.05, 0.1) is 26.2 Å². The molecule has 2 aromatic heterocycles. The summed E-state index contributed by atoms with van der Waals surface area (Å²) in [5, 5.41) is 27.0. The second kappa shape index (κ2) is 27.4. The van der Waals surface area contributed by atoms with Gasteiger partial charge in [-0.25, -0.2) is 0 Å². The van der Waals surface area contributed by atoms with Gasteiger partial charge in [-0.2, -0.15) is 45.1 Å². The third kappa shape index (κ3) is 18.1. The maximum absolute atomic E-state index is 14.3. The minimum Gasteiger partial charge on any atom is -0.485 e. The molecule has 0 fully saturated rings. The van der Waals surface area contributed by atoms with Gasteiger partial charge >= 0.3 is 0 Å². The topological polar surface area (TPSA) is 340 Å². The van der Waals surface area contributed by atoms with E-state index < -0.39 is 175 Å². The Morgan fingerprint density at radius 1 is 0.575 bits per heavy atom. The Labute approximate surface area is 407 Å². The molecule has 73 heavy (non-hydrogen) atoms. The van der Waals surface area contributed by atoms with E-state index in [-0.39, 0.29) is 30.1 Å². The molecule has 0 aliphatic rings. The molecule has 23 nitrogen and oxygen atoms in total. The average Bonchev–Trinajstić information content (AvgIpc) is 3.32. The van der Waals surface area contributed by atoms with E-state index in [1.54, 1.807) is 13.8 Å². The van der Waals surface area contributed by atoms with E-state index in [0.717, 1.165) is 26.0 Å². The van der Waals surface area contributed by atoms with Crippen molar-refractivity contribution in [1.82, 2.24) is 52.5 Å². The van der Waals surface area contributed by atoms with Crippen molar-refractivity contribution < 1.29 is 92.9 Å². The Bertz CT molecular complexity index is 2510. The smallest absolute Gasteiger partial charge is 0.255 e. The Morgan fingerprint density at radius 2 is 1.05 bits per heavy atom. The van der Waals surface area contributed by atoms with Crippen molar-refractivity contribution in [2.45, 2.75) is 70.7 Å². The van der Waals surface area contributed by atoms with Gasteiger partial charge in [0, 0.05) is 13.3 Å². The van der Waals surface area contributed by atoms with Gasteiger partial charge in [-0.1, -0.05) is 26.0 Å². The molecule has 398 valence electrons. The zero-order chi connectivity index (χ0) is 54.9. The highest BCUT2D eigenvalue weighted by Crippen LogP contribution is 2.30. The first kappa shape index (κ1) is 59.1. The lowest BCUT2D eigenvalue weighted by molar-refractivity contribution is -0.133. The molecule has 2 heterocycles. The van der Waals surface area contributed by atoms with Crippen molar-refractivity contribution >= 4 is 53.2 Å². The molecule has 0 aliphatic carbocycles. The predicted octanol–water partition coefficient (Wildman–Crippen LogP) is -1.66. The number of carbonyl (C=O) groups excluding carboxylic acids is 9. The Hall–Kier alpha value is -8.25. The number of hydrogen-bond acceptors (Lipinski definition) is 14. The Balaban J connectivity index is 1.55. The summed E-state index contributed by atoms with van der Waals surface area (Å²) in [5.74, 6) is -29.1. The first-order valence-electron chi connectivity index (χ1n) is 21.2. The number of carbonyl (C=O) groups is 9. The monoisotopic (exact) mass is 1050 g/mol. The molecule has 0 saturated heterocycles. The van der Waals surface area contributed by atoms with Gasteiger partial charge in [-0.15, -0.1) is 0 Å².